The first-order chi connectivity index (χ1) is 16.0. The molecule has 0 spiro atoms. The summed E-state index contributed by atoms with van der Waals surface area (Å²) in [7, 11) is 1.22. The molecule has 1 heterocycles. The largest absolute Gasteiger partial charge is 0.573 e. The number of carbonyl (C=O) groups excluding carboxylic acids is 2. The van der Waals surface area contributed by atoms with Crippen LogP contribution in [0.5, 0.6) is 11.5 Å². The first-order valence-electron chi connectivity index (χ1n) is 10.1. The quantitative estimate of drug-likeness (QED) is 0.349. The SMILES string of the molecule is COC(=O)C1CC(c2ccc(OC(F)(F)F)c(C)c2)CN(C(=O)Oc2ccc([N+](=O)[O-])cc2)C1. The van der Waals surface area contributed by atoms with Crippen LogP contribution in [0.2, 0.25) is 0 Å². The number of rotatable bonds is 5. The predicted octanol–water partition coefficient (Wildman–Crippen LogP) is 4.58. The van der Waals surface area contributed by atoms with Gasteiger partial charge in [-0.05, 0) is 42.7 Å². The van der Waals surface area contributed by atoms with E-state index in [1.54, 1.807) is 0 Å². The molecule has 9 nitrogen and oxygen atoms in total. The highest BCUT2D eigenvalue weighted by Gasteiger charge is 2.37. The summed E-state index contributed by atoms with van der Waals surface area (Å²) < 4.78 is 51.8. The number of non-ortho nitro benzene ring substituents is 1. The number of likely N-dealkylation sites (tertiary alicyclic amines) is 1. The molecule has 1 fully saturated rings. The minimum absolute atomic E-state index is 0.0171. The molecule has 2 aromatic carbocycles. The minimum Gasteiger partial charge on any atom is -0.469 e. The molecule has 1 aliphatic heterocycles. The molecule has 0 saturated carbocycles. The number of benzene rings is 2. The lowest BCUT2D eigenvalue weighted by molar-refractivity contribution is -0.384. The van der Waals surface area contributed by atoms with E-state index in [1.165, 1.54) is 61.4 Å². The number of halogens is 3. The van der Waals surface area contributed by atoms with E-state index in [4.69, 9.17) is 9.47 Å². The van der Waals surface area contributed by atoms with Crippen molar-refractivity contribution in [3.05, 3.63) is 63.7 Å². The molecular weight excluding hydrogens is 461 g/mol. The third-order valence-electron chi connectivity index (χ3n) is 5.39. The zero-order chi connectivity index (χ0) is 25.0. The van der Waals surface area contributed by atoms with Gasteiger partial charge in [0.1, 0.15) is 11.5 Å². The zero-order valence-electron chi connectivity index (χ0n) is 18.2. The Hall–Kier alpha value is -3.83. The molecule has 1 aliphatic rings. The maximum absolute atomic E-state index is 12.8. The van der Waals surface area contributed by atoms with Gasteiger partial charge >= 0.3 is 18.4 Å². The molecule has 34 heavy (non-hydrogen) atoms. The van der Waals surface area contributed by atoms with Crippen molar-refractivity contribution >= 4 is 17.7 Å². The lowest BCUT2D eigenvalue weighted by Gasteiger charge is -2.36. The number of alkyl halides is 3. The number of nitrogens with zero attached hydrogens (tertiary/aromatic N) is 2. The maximum Gasteiger partial charge on any atom is 0.573 e. The Kier molecular flexibility index (Phi) is 7.28. The standard InChI is InChI=1S/C22H21F3N2O7/c1-13-9-14(3-8-19(13)34-22(23,24)25)15-10-16(20(28)32-2)12-26(11-15)21(29)33-18-6-4-17(5-7-18)27(30)31/h3-9,15-16H,10-12H2,1-2H3. The molecule has 0 aromatic heterocycles. The average molecular weight is 482 g/mol. The molecule has 1 saturated heterocycles. The van der Waals surface area contributed by atoms with Gasteiger partial charge in [0.15, 0.2) is 0 Å². The van der Waals surface area contributed by atoms with Gasteiger partial charge in [-0.15, -0.1) is 13.2 Å². The maximum atomic E-state index is 12.8. The van der Waals surface area contributed by atoms with Crippen LogP contribution in [0.15, 0.2) is 42.5 Å². The second kappa shape index (κ2) is 9.98. The van der Waals surface area contributed by atoms with E-state index in [-0.39, 0.29) is 41.8 Å². The number of carbonyl (C=O) groups is 2. The minimum atomic E-state index is -4.83. The molecule has 0 bridgehead atoms. The van der Waals surface area contributed by atoms with Gasteiger partial charge in [-0.1, -0.05) is 12.1 Å². The van der Waals surface area contributed by atoms with Gasteiger partial charge in [-0.3, -0.25) is 14.9 Å². The summed E-state index contributed by atoms with van der Waals surface area (Å²) in [5.41, 5.74) is 0.695. The Balaban J connectivity index is 1.79. The lowest BCUT2D eigenvalue weighted by Crippen LogP contribution is -2.46. The van der Waals surface area contributed by atoms with E-state index in [9.17, 15) is 32.9 Å². The van der Waals surface area contributed by atoms with Gasteiger partial charge in [-0.2, -0.15) is 0 Å². The van der Waals surface area contributed by atoms with E-state index in [1.807, 2.05) is 0 Å². The van der Waals surface area contributed by atoms with Crippen LogP contribution in [0, 0.1) is 23.0 Å². The fourth-order valence-electron chi connectivity index (χ4n) is 3.79. The Morgan fingerprint density at radius 1 is 1.12 bits per heavy atom. The number of nitro groups is 1. The van der Waals surface area contributed by atoms with E-state index >= 15 is 0 Å². The molecule has 3 rings (SSSR count). The van der Waals surface area contributed by atoms with Gasteiger partial charge in [0, 0.05) is 31.1 Å². The van der Waals surface area contributed by atoms with E-state index in [0.717, 1.165) is 0 Å². The van der Waals surface area contributed by atoms with E-state index < -0.39 is 29.3 Å². The topological polar surface area (TPSA) is 108 Å². The number of ether oxygens (including phenoxy) is 3. The number of hydrogen-bond acceptors (Lipinski definition) is 7. The predicted molar refractivity (Wildman–Crippen MR) is 111 cm³/mol. The molecule has 1 amide bonds. The van der Waals surface area contributed by atoms with E-state index in [0.29, 0.717) is 12.0 Å². The molecule has 182 valence electrons. The molecule has 2 unspecified atom stereocenters. The fraction of sp³-hybridized carbons (Fsp3) is 0.364. The van der Waals surface area contributed by atoms with Crippen molar-refractivity contribution in [2.45, 2.75) is 25.6 Å². The van der Waals surface area contributed by atoms with Crippen molar-refractivity contribution in [3.63, 3.8) is 0 Å². The van der Waals surface area contributed by atoms with Gasteiger partial charge in [-0.25, -0.2) is 4.79 Å². The van der Waals surface area contributed by atoms with Crippen LogP contribution >= 0.6 is 0 Å². The van der Waals surface area contributed by atoms with Crippen molar-refractivity contribution in [1.82, 2.24) is 4.90 Å². The first kappa shape index (κ1) is 24.8. The van der Waals surface area contributed by atoms with Crippen LogP contribution < -0.4 is 9.47 Å². The summed E-state index contributed by atoms with van der Waals surface area (Å²) in [6.07, 6.45) is -5.29. The fourth-order valence-corrected chi connectivity index (χ4v) is 3.79. The van der Waals surface area contributed by atoms with Gasteiger partial charge in [0.05, 0.1) is 18.0 Å². The van der Waals surface area contributed by atoms with Crippen LogP contribution in [-0.2, 0) is 9.53 Å². The second-order valence-corrected chi connectivity index (χ2v) is 7.75. The average Bonchev–Trinajstić information content (AvgIpc) is 2.79. The van der Waals surface area contributed by atoms with Crippen LogP contribution in [-0.4, -0.2) is 48.4 Å². The van der Waals surface area contributed by atoms with E-state index in [2.05, 4.69) is 4.74 Å². The summed E-state index contributed by atoms with van der Waals surface area (Å²) in [6, 6.07) is 9.09. The van der Waals surface area contributed by atoms with Gasteiger partial charge in [0.25, 0.3) is 5.69 Å². The summed E-state index contributed by atoms with van der Waals surface area (Å²) >= 11 is 0. The Morgan fingerprint density at radius 3 is 2.35 bits per heavy atom. The highest BCUT2D eigenvalue weighted by Crippen LogP contribution is 2.35. The van der Waals surface area contributed by atoms with Crippen molar-refractivity contribution in [3.8, 4) is 11.5 Å². The lowest BCUT2D eigenvalue weighted by atomic mass is 9.84. The Labute approximate surface area is 192 Å². The van der Waals surface area contributed by atoms with Crippen molar-refractivity contribution in [2.24, 2.45) is 5.92 Å². The van der Waals surface area contributed by atoms with Crippen LogP contribution in [0.3, 0.4) is 0 Å². The second-order valence-electron chi connectivity index (χ2n) is 7.75. The summed E-state index contributed by atoms with van der Waals surface area (Å²) in [5.74, 6) is -1.87. The number of aryl methyl sites for hydroxylation is 1. The molecule has 12 heteroatoms. The number of hydrogen-bond donors (Lipinski definition) is 0. The number of piperidine rings is 1. The normalized spacial score (nSPS) is 18.2. The molecular formula is C22H21F3N2O7. The molecule has 0 radical (unpaired) electrons. The monoisotopic (exact) mass is 482 g/mol. The van der Waals surface area contributed by atoms with Crippen molar-refractivity contribution in [1.29, 1.82) is 0 Å². The summed E-state index contributed by atoms with van der Waals surface area (Å²) in [5, 5.41) is 10.8. The van der Waals surface area contributed by atoms with Gasteiger partial charge in [0.2, 0.25) is 0 Å². The molecule has 0 N–H and O–H groups in total. The van der Waals surface area contributed by atoms with Crippen LogP contribution in [0.4, 0.5) is 23.7 Å². The molecule has 2 aromatic rings. The van der Waals surface area contributed by atoms with Crippen LogP contribution in [0.25, 0.3) is 0 Å². The highest BCUT2D eigenvalue weighted by molar-refractivity contribution is 5.76. The highest BCUT2D eigenvalue weighted by atomic mass is 19.4. The third-order valence-corrected chi connectivity index (χ3v) is 5.39. The molecule has 2 atom stereocenters. The zero-order valence-corrected chi connectivity index (χ0v) is 18.2. The number of methoxy groups -OCH3 is 1. The van der Waals surface area contributed by atoms with Gasteiger partial charge < -0.3 is 19.1 Å². The Bertz CT molecular complexity index is 1070. The van der Waals surface area contributed by atoms with Crippen LogP contribution in [0.1, 0.15) is 23.5 Å². The number of nitro benzene ring substituents is 1. The first-order valence-corrected chi connectivity index (χ1v) is 10.1. The number of esters is 1. The molecule has 0 aliphatic carbocycles. The smallest absolute Gasteiger partial charge is 0.469 e. The summed E-state index contributed by atoms with van der Waals surface area (Å²) in [4.78, 5) is 36.5. The van der Waals surface area contributed by atoms with Crippen molar-refractivity contribution in [2.75, 3.05) is 20.2 Å². The summed E-state index contributed by atoms with van der Waals surface area (Å²) in [6.45, 7) is 1.62. The Morgan fingerprint density at radius 2 is 1.79 bits per heavy atom. The third kappa shape index (κ3) is 6.15. The van der Waals surface area contributed by atoms with Crippen molar-refractivity contribution < 1.29 is 41.9 Å². The number of amides is 1.